The van der Waals surface area contributed by atoms with Crippen molar-refractivity contribution in [1.82, 2.24) is 0 Å². The highest BCUT2D eigenvalue weighted by molar-refractivity contribution is 5.50. The molecular weight excluding hydrogens is 236 g/mol. The van der Waals surface area contributed by atoms with Crippen LogP contribution in [0.4, 0.5) is 0 Å². The highest BCUT2D eigenvalue weighted by Gasteiger charge is 2.53. The third kappa shape index (κ3) is 1.33. The first-order valence-corrected chi connectivity index (χ1v) is 6.74. The minimum atomic E-state index is -1.15. The van der Waals surface area contributed by atoms with Crippen LogP contribution in [-0.2, 0) is 22.5 Å². The summed E-state index contributed by atoms with van der Waals surface area (Å²) < 4.78 is 6.15. The zero-order valence-corrected chi connectivity index (χ0v) is 10.9. The molecule has 2 heteroatoms. The Morgan fingerprint density at radius 1 is 0.947 bits per heavy atom. The molecule has 2 atom stereocenters. The number of hydrogen-bond donors (Lipinski definition) is 1. The summed E-state index contributed by atoms with van der Waals surface area (Å²) in [5, 5.41) is 10.9. The van der Waals surface area contributed by atoms with E-state index < -0.39 is 11.4 Å². The highest BCUT2D eigenvalue weighted by Crippen LogP contribution is 2.53. The summed E-state index contributed by atoms with van der Waals surface area (Å²) >= 11 is 0. The average molecular weight is 252 g/mol. The van der Waals surface area contributed by atoms with Crippen molar-refractivity contribution < 1.29 is 9.84 Å². The van der Waals surface area contributed by atoms with Gasteiger partial charge in [-0.25, -0.2) is 0 Å². The predicted molar refractivity (Wildman–Crippen MR) is 72.6 cm³/mol. The molecule has 96 valence electrons. The van der Waals surface area contributed by atoms with Gasteiger partial charge in [-0.2, -0.15) is 0 Å². The second kappa shape index (κ2) is 3.47. The minimum Gasteiger partial charge on any atom is -0.362 e. The summed E-state index contributed by atoms with van der Waals surface area (Å²) in [4.78, 5) is 0. The van der Waals surface area contributed by atoms with E-state index in [2.05, 4.69) is 31.2 Å². The number of rotatable bonds is 0. The lowest BCUT2D eigenvalue weighted by atomic mass is 9.80. The van der Waals surface area contributed by atoms with E-state index in [1.807, 2.05) is 24.3 Å². The normalized spacial score (nSPS) is 31.5. The van der Waals surface area contributed by atoms with Gasteiger partial charge in [0.15, 0.2) is 5.79 Å². The zero-order valence-electron chi connectivity index (χ0n) is 10.9. The van der Waals surface area contributed by atoms with Crippen molar-refractivity contribution in [2.75, 3.05) is 0 Å². The van der Waals surface area contributed by atoms with Gasteiger partial charge in [0.1, 0.15) is 5.60 Å². The zero-order chi connectivity index (χ0) is 13.1. The summed E-state index contributed by atoms with van der Waals surface area (Å²) in [6.07, 6.45) is 1.45. The monoisotopic (exact) mass is 252 g/mol. The van der Waals surface area contributed by atoms with Crippen molar-refractivity contribution in [2.45, 2.75) is 31.2 Å². The van der Waals surface area contributed by atoms with Gasteiger partial charge in [0.05, 0.1) is 0 Å². The first kappa shape index (κ1) is 11.2. The quantitative estimate of drug-likeness (QED) is 0.780. The molecule has 2 heterocycles. The molecule has 2 bridgehead atoms. The number of aryl methyl sites for hydroxylation is 1. The van der Waals surface area contributed by atoms with Crippen LogP contribution < -0.4 is 0 Å². The van der Waals surface area contributed by atoms with E-state index in [0.29, 0.717) is 6.42 Å². The summed E-state index contributed by atoms with van der Waals surface area (Å²) in [7, 11) is 0. The SMILES string of the molecule is C[C@@]12O[C@@](O)(CCc3ccccc31)c1ccccc12. The molecule has 2 aromatic rings. The number of hydrogen-bond acceptors (Lipinski definition) is 2. The Labute approximate surface area is 112 Å². The van der Waals surface area contributed by atoms with E-state index in [1.165, 1.54) is 11.1 Å². The van der Waals surface area contributed by atoms with E-state index in [-0.39, 0.29) is 0 Å². The molecule has 1 N–H and O–H groups in total. The lowest BCUT2D eigenvalue weighted by Crippen LogP contribution is -2.29. The molecule has 0 fully saturated rings. The molecule has 19 heavy (non-hydrogen) atoms. The molecule has 0 saturated carbocycles. The summed E-state index contributed by atoms with van der Waals surface area (Å²) in [6, 6.07) is 16.4. The Hall–Kier alpha value is -1.64. The minimum absolute atomic E-state index is 0.543. The predicted octanol–water partition coefficient (Wildman–Crippen LogP) is 3.07. The fourth-order valence-corrected chi connectivity index (χ4v) is 3.58. The summed E-state index contributed by atoms with van der Waals surface area (Å²) in [5.41, 5.74) is 3.92. The van der Waals surface area contributed by atoms with Gasteiger partial charge < -0.3 is 9.84 Å². The maximum atomic E-state index is 10.9. The molecule has 0 unspecified atom stereocenters. The third-order valence-electron chi connectivity index (χ3n) is 4.50. The number of benzene rings is 2. The van der Waals surface area contributed by atoms with Gasteiger partial charge in [0.25, 0.3) is 0 Å². The molecule has 0 aromatic heterocycles. The lowest BCUT2D eigenvalue weighted by molar-refractivity contribution is -0.243. The van der Waals surface area contributed by atoms with Crippen LogP contribution in [0.2, 0.25) is 0 Å². The lowest BCUT2D eigenvalue weighted by Gasteiger charge is -2.28. The Balaban J connectivity index is 2.06. The Morgan fingerprint density at radius 2 is 1.58 bits per heavy atom. The maximum absolute atomic E-state index is 10.9. The Morgan fingerprint density at radius 3 is 2.37 bits per heavy atom. The molecule has 2 aliphatic rings. The molecule has 0 spiro atoms. The molecule has 2 nitrogen and oxygen atoms in total. The highest BCUT2D eigenvalue weighted by atomic mass is 16.6. The second-order valence-corrected chi connectivity index (χ2v) is 5.62. The van der Waals surface area contributed by atoms with Crippen molar-refractivity contribution in [2.24, 2.45) is 0 Å². The van der Waals surface area contributed by atoms with E-state index in [9.17, 15) is 5.11 Å². The van der Waals surface area contributed by atoms with Gasteiger partial charge in [-0.15, -0.1) is 0 Å². The molecule has 4 rings (SSSR count). The Bertz CT molecular complexity index is 664. The molecule has 0 aliphatic carbocycles. The van der Waals surface area contributed by atoms with Crippen molar-refractivity contribution >= 4 is 0 Å². The first-order valence-electron chi connectivity index (χ1n) is 6.74. The number of aliphatic hydroxyl groups is 1. The summed E-state index contributed by atoms with van der Waals surface area (Å²) in [6.45, 7) is 2.06. The maximum Gasteiger partial charge on any atom is 0.194 e. The standard InChI is InChI=1S/C17H16O2/c1-16-13-7-3-2-6-12(13)10-11-17(18,19-16)15-9-5-4-8-14(15)16/h2-9,18H,10-11H2,1H3/t16-,17+/m1/s1. The molecule has 2 aliphatic heterocycles. The fraction of sp³-hybridized carbons (Fsp3) is 0.294. The van der Waals surface area contributed by atoms with Gasteiger partial charge in [0, 0.05) is 12.0 Å². The van der Waals surface area contributed by atoms with E-state index in [0.717, 1.165) is 17.5 Å². The van der Waals surface area contributed by atoms with Crippen molar-refractivity contribution in [1.29, 1.82) is 0 Å². The van der Waals surface area contributed by atoms with Crippen LogP contribution in [0.15, 0.2) is 48.5 Å². The van der Waals surface area contributed by atoms with Crippen molar-refractivity contribution in [3.8, 4) is 0 Å². The topological polar surface area (TPSA) is 29.5 Å². The molecule has 2 aromatic carbocycles. The molecule has 0 amide bonds. The number of ether oxygens (including phenoxy) is 1. The Kier molecular flexibility index (Phi) is 2.05. The number of fused-ring (bicyclic) bond motifs is 7. The van der Waals surface area contributed by atoms with Crippen molar-refractivity contribution in [3.05, 3.63) is 70.8 Å². The fourth-order valence-electron chi connectivity index (χ4n) is 3.58. The summed E-state index contributed by atoms with van der Waals surface area (Å²) in [5.74, 6) is -1.15. The average Bonchev–Trinajstić information content (AvgIpc) is 2.59. The van der Waals surface area contributed by atoms with Gasteiger partial charge in [-0.3, -0.25) is 0 Å². The largest absolute Gasteiger partial charge is 0.362 e. The van der Waals surface area contributed by atoms with Crippen LogP contribution in [0.5, 0.6) is 0 Å². The van der Waals surface area contributed by atoms with E-state index in [4.69, 9.17) is 4.74 Å². The van der Waals surface area contributed by atoms with Crippen LogP contribution >= 0.6 is 0 Å². The second-order valence-electron chi connectivity index (χ2n) is 5.62. The van der Waals surface area contributed by atoms with Gasteiger partial charge >= 0.3 is 0 Å². The van der Waals surface area contributed by atoms with Crippen LogP contribution in [0, 0.1) is 0 Å². The van der Waals surface area contributed by atoms with Crippen LogP contribution in [0.1, 0.15) is 35.6 Å². The molecule has 0 radical (unpaired) electrons. The van der Waals surface area contributed by atoms with Crippen LogP contribution in [0.3, 0.4) is 0 Å². The van der Waals surface area contributed by atoms with E-state index >= 15 is 0 Å². The van der Waals surface area contributed by atoms with Gasteiger partial charge in [0.2, 0.25) is 0 Å². The molecule has 0 saturated heterocycles. The molecular formula is C17H16O2. The first-order chi connectivity index (χ1) is 9.13. The van der Waals surface area contributed by atoms with Gasteiger partial charge in [-0.1, -0.05) is 48.5 Å². The van der Waals surface area contributed by atoms with Crippen LogP contribution in [0.25, 0.3) is 0 Å². The van der Waals surface area contributed by atoms with E-state index in [1.54, 1.807) is 0 Å². The van der Waals surface area contributed by atoms with Crippen molar-refractivity contribution in [3.63, 3.8) is 0 Å². The van der Waals surface area contributed by atoms with Gasteiger partial charge in [-0.05, 0) is 30.0 Å². The van der Waals surface area contributed by atoms with Crippen LogP contribution in [-0.4, -0.2) is 5.11 Å². The third-order valence-corrected chi connectivity index (χ3v) is 4.50. The smallest absolute Gasteiger partial charge is 0.194 e.